The van der Waals surface area contributed by atoms with E-state index < -0.39 is 0 Å². The van der Waals surface area contributed by atoms with Crippen LogP contribution in [0.3, 0.4) is 0 Å². The Morgan fingerprint density at radius 2 is 1.94 bits per heavy atom. The Labute approximate surface area is 101 Å². The minimum Gasteiger partial charge on any atom is -0.508 e. The zero-order chi connectivity index (χ0) is 12.7. The molecule has 0 aliphatic carbocycles. The van der Waals surface area contributed by atoms with Gasteiger partial charge in [-0.25, -0.2) is 4.79 Å². The Balaban J connectivity index is 2.26. The van der Waals surface area contributed by atoms with Crippen molar-refractivity contribution in [1.82, 2.24) is 10.6 Å². The average molecular weight is 234 g/mol. The highest BCUT2D eigenvalue weighted by atomic mass is 16.3. The lowest BCUT2D eigenvalue weighted by molar-refractivity contribution is 0.244. The van der Waals surface area contributed by atoms with Crippen LogP contribution in [0.2, 0.25) is 0 Å². The van der Waals surface area contributed by atoms with Gasteiger partial charge in [0, 0.05) is 12.7 Å². The Hall–Kier alpha value is -1.97. The first kappa shape index (κ1) is 13.1. The molecular weight excluding hydrogens is 216 g/mol. The van der Waals surface area contributed by atoms with Crippen molar-refractivity contribution < 1.29 is 9.90 Å². The first-order valence-electron chi connectivity index (χ1n) is 5.53. The van der Waals surface area contributed by atoms with Gasteiger partial charge in [-0.3, -0.25) is 0 Å². The van der Waals surface area contributed by atoms with Crippen molar-refractivity contribution in [3.63, 3.8) is 0 Å². The molecule has 2 amide bonds. The molecule has 0 spiro atoms. The maximum Gasteiger partial charge on any atom is 0.318 e. The summed E-state index contributed by atoms with van der Waals surface area (Å²) in [5.41, 5.74) is 2.11. The van der Waals surface area contributed by atoms with Gasteiger partial charge in [-0.2, -0.15) is 0 Å². The molecule has 92 valence electrons. The number of amides is 2. The Bertz CT molecular complexity index is 392. The Kier molecular flexibility index (Phi) is 5.07. The molecule has 0 heterocycles. The summed E-state index contributed by atoms with van der Waals surface area (Å²) in [4.78, 5) is 11.3. The molecule has 17 heavy (non-hydrogen) atoms. The van der Waals surface area contributed by atoms with Crippen LogP contribution in [0.5, 0.6) is 5.75 Å². The van der Waals surface area contributed by atoms with E-state index in [0.29, 0.717) is 6.54 Å². The maximum absolute atomic E-state index is 11.3. The van der Waals surface area contributed by atoms with E-state index in [1.807, 2.05) is 26.0 Å². The molecule has 0 fully saturated rings. The average Bonchev–Trinajstić information content (AvgIpc) is 2.29. The molecule has 0 saturated carbocycles. The SMILES string of the molecule is CC(C)=CNC(=O)NCCc1ccc(O)cc1. The maximum atomic E-state index is 11.3. The molecule has 0 aliphatic rings. The van der Waals surface area contributed by atoms with Crippen LogP contribution in [-0.2, 0) is 6.42 Å². The van der Waals surface area contributed by atoms with Crippen LogP contribution in [0.1, 0.15) is 19.4 Å². The molecule has 3 N–H and O–H groups in total. The molecule has 0 atom stereocenters. The highest BCUT2D eigenvalue weighted by Gasteiger charge is 1.97. The lowest BCUT2D eigenvalue weighted by Crippen LogP contribution is -2.33. The summed E-state index contributed by atoms with van der Waals surface area (Å²) in [6.45, 7) is 4.39. The molecule has 0 saturated heterocycles. The van der Waals surface area contributed by atoms with E-state index in [1.165, 1.54) is 0 Å². The fourth-order valence-electron chi connectivity index (χ4n) is 1.24. The third-order valence-corrected chi connectivity index (χ3v) is 2.13. The van der Waals surface area contributed by atoms with E-state index in [-0.39, 0.29) is 11.8 Å². The van der Waals surface area contributed by atoms with E-state index in [0.717, 1.165) is 17.6 Å². The van der Waals surface area contributed by atoms with Gasteiger partial charge in [0.2, 0.25) is 0 Å². The van der Waals surface area contributed by atoms with Crippen LogP contribution in [0.15, 0.2) is 36.0 Å². The molecular formula is C13H18N2O2. The second-order valence-electron chi connectivity index (χ2n) is 4.04. The third kappa shape index (κ3) is 5.61. The van der Waals surface area contributed by atoms with Crippen molar-refractivity contribution in [3.8, 4) is 5.75 Å². The van der Waals surface area contributed by atoms with E-state index >= 15 is 0 Å². The second kappa shape index (κ2) is 6.58. The number of hydrogen-bond acceptors (Lipinski definition) is 2. The first-order chi connectivity index (χ1) is 8.08. The van der Waals surface area contributed by atoms with Gasteiger partial charge in [0.1, 0.15) is 5.75 Å². The summed E-state index contributed by atoms with van der Waals surface area (Å²) in [6, 6.07) is 6.75. The van der Waals surface area contributed by atoms with Crippen molar-refractivity contribution >= 4 is 6.03 Å². The topological polar surface area (TPSA) is 61.4 Å². The number of phenolic OH excluding ortho intramolecular Hbond substituents is 1. The van der Waals surface area contributed by atoms with Gasteiger partial charge in [-0.05, 0) is 38.0 Å². The third-order valence-electron chi connectivity index (χ3n) is 2.13. The quantitative estimate of drug-likeness (QED) is 0.747. The Morgan fingerprint density at radius 1 is 1.29 bits per heavy atom. The van der Waals surface area contributed by atoms with E-state index in [2.05, 4.69) is 10.6 Å². The molecule has 0 bridgehead atoms. The summed E-state index contributed by atoms with van der Waals surface area (Å²) in [7, 11) is 0. The summed E-state index contributed by atoms with van der Waals surface area (Å²) < 4.78 is 0. The lowest BCUT2D eigenvalue weighted by atomic mass is 10.1. The number of phenols is 1. The minimum absolute atomic E-state index is 0.204. The number of benzene rings is 1. The number of nitrogens with one attached hydrogen (secondary N) is 2. The molecule has 1 aromatic rings. The van der Waals surface area contributed by atoms with Gasteiger partial charge in [0.05, 0.1) is 0 Å². The molecule has 1 rings (SSSR count). The largest absolute Gasteiger partial charge is 0.508 e. The van der Waals surface area contributed by atoms with Crippen molar-refractivity contribution in [1.29, 1.82) is 0 Å². The second-order valence-corrected chi connectivity index (χ2v) is 4.04. The van der Waals surface area contributed by atoms with Crippen LogP contribution >= 0.6 is 0 Å². The zero-order valence-corrected chi connectivity index (χ0v) is 10.2. The van der Waals surface area contributed by atoms with Gasteiger partial charge in [0.15, 0.2) is 0 Å². The van der Waals surface area contributed by atoms with Gasteiger partial charge in [-0.15, -0.1) is 0 Å². The number of hydrogen-bond donors (Lipinski definition) is 3. The van der Waals surface area contributed by atoms with Gasteiger partial charge < -0.3 is 15.7 Å². The standard InChI is InChI=1S/C13H18N2O2/c1-10(2)9-15-13(17)14-8-7-11-3-5-12(16)6-4-11/h3-6,9,16H,7-8H2,1-2H3,(H2,14,15,17). The summed E-state index contributed by atoms with van der Waals surface area (Å²) in [5.74, 6) is 0.253. The number of rotatable bonds is 4. The molecule has 1 aromatic carbocycles. The molecule has 0 aromatic heterocycles. The molecule has 4 nitrogen and oxygen atoms in total. The number of allylic oxidation sites excluding steroid dienone is 1. The van der Waals surface area contributed by atoms with Gasteiger partial charge >= 0.3 is 6.03 Å². The first-order valence-corrected chi connectivity index (χ1v) is 5.53. The van der Waals surface area contributed by atoms with Crippen molar-refractivity contribution in [2.24, 2.45) is 0 Å². The van der Waals surface area contributed by atoms with Crippen molar-refractivity contribution in [2.45, 2.75) is 20.3 Å². The number of carbonyl (C=O) groups is 1. The fourth-order valence-corrected chi connectivity index (χ4v) is 1.24. The van der Waals surface area contributed by atoms with E-state index in [1.54, 1.807) is 18.3 Å². The molecule has 0 aliphatic heterocycles. The molecule has 0 unspecified atom stereocenters. The monoisotopic (exact) mass is 234 g/mol. The van der Waals surface area contributed by atoms with Crippen molar-refractivity contribution in [2.75, 3.05) is 6.54 Å². The predicted molar refractivity (Wildman–Crippen MR) is 67.8 cm³/mol. The van der Waals surface area contributed by atoms with E-state index in [4.69, 9.17) is 5.11 Å². The molecule has 0 radical (unpaired) electrons. The van der Waals surface area contributed by atoms with Crippen LogP contribution in [0.4, 0.5) is 4.79 Å². The van der Waals surface area contributed by atoms with Crippen LogP contribution in [-0.4, -0.2) is 17.7 Å². The number of aromatic hydroxyl groups is 1. The predicted octanol–water partition coefficient (Wildman–Crippen LogP) is 2.16. The summed E-state index contributed by atoms with van der Waals surface area (Å²) in [6.07, 6.45) is 2.40. The van der Waals surface area contributed by atoms with Crippen LogP contribution in [0.25, 0.3) is 0 Å². The minimum atomic E-state index is -0.204. The summed E-state index contributed by atoms with van der Waals surface area (Å²) >= 11 is 0. The Morgan fingerprint density at radius 3 is 2.53 bits per heavy atom. The fraction of sp³-hybridized carbons (Fsp3) is 0.308. The van der Waals surface area contributed by atoms with Crippen LogP contribution in [0, 0.1) is 0 Å². The lowest BCUT2D eigenvalue weighted by Gasteiger charge is -2.05. The summed E-state index contributed by atoms with van der Waals surface area (Å²) in [5, 5.41) is 14.5. The zero-order valence-electron chi connectivity index (χ0n) is 10.2. The smallest absolute Gasteiger partial charge is 0.318 e. The normalized spacial score (nSPS) is 9.53. The van der Waals surface area contributed by atoms with Crippen molar-refractivity contribution in [3.05, 3.63) is 41.6 Å². The van der Waals surface area contributed by atoms with Crippen LogP contribution < -0.4 is 10.6 Å². The number of carbonyl (C=O) groups excluding carboxylic acids is 1. The molecule has 4 heteroatoms. The van der Waals surface area contributed by atoms with Gasteiger partial charge in [-0.1, -0.05) is 17.7 Å². The highest BCUT2D eigenvalue weighted by Crippen LogP contribution is 2.09. The van der Waals surface area contributed by atoms with E-state index in [9.17, 15) is 4.79 Å². The number of urea groups is 1. The van der Waals surface area contributed by atoms with Gasteiger partial charge in [0.25, 0.3) is 0 Å². The highest BCUT2D eigenvalue weighted by molar-refractivity contribution is 5.74.